The second-order valence-corrected chi connectivity index (χ2v) is 5.54. The van der Waals surface area contributed by atoms with Crippen LogP contribution in [0.5, 0.6) is 0 Å². The summed E-state index contributed by atoms with van der Waals surface area (Å²) in [5.74, 6) is 0. The highest BCUT2D eigenvalue weighted by Gasteiger charge is 2.02. The van der Waals surface area contributed by atoms with Gasteiger partial charge >= 0.3 is 0 Å². The van der Waals surface area contributed by atoms with Gasteiger partial charge in [0.25, 0.3) is 0 Å². The lowest BCUT2D eigenvalue weighted by molar-refractivity contribution is 1.15. The van der Waals surface area contributed by atoms with Crippen molar-refractivity contribution in [2.24, 2.45) is 0 Å². The van der Waals surface area contributed by atoms with Crippen LogP contribution in [0.15, 0.2) is 59.2 Å². The smallest absolute Gasteiger partial charge is 0.0992 e. The Hall–Kier alpha value is -2.38. The largest absolute Gasteiger partial charge is 0.380 e. The molecule has 1 aromatic heterocycles. The molecule has 1 N–H and O–H groups in total. The molecule has 1 heterocycles. The fraction of sp³-hybridized carbons (Fsp3) is 0.0588. The number of nitriles is 1. The monoisotopic (exact) mass is 337 g/mol. The molecule has 0 aliphatic rings. The molecule has 3 aromatic rings. The minimum Gasteiger partial charge on any atom is -0.380 e. The summed E-state index contributed by atoms with van der Waals surface area (Å²) in [4.78, 5) is 4.32. The van der Waals surface area contributed by atoms with Gasteiger partial charge in [-0.25, -0.2) is 0 Å². The van der Waals surface area contributed by atoms with Crippen molar-refractivity contribution < 1.29 is 0 Å². The summed E-state index contributed by atoms with van der Waals surface area (Å²) < 4.78 is 0.893. The third kappa shape index (κ3) is 3.04. The summed E-state index contributed by atoms with van der Waals surface area (Å²) in [6.45, 7) is 0.718. The molecule has 0 unspecified atom stereocenters. The van der Waals surface area contributed by atoms with Crippen LogP contribution >= 0.6 is 15.9 Å². The van der Waals surface area contributed by atoms with Crippen molar-refractivity contribution in [2.75, 3.05) is 5.32 Å². The van der Waals surface area contributed by atoms with Crippen LogP contribution in [0.2, 0.25) is 0 Å². The number of pyridine rings is 1. The molecule has 0 atom stereocenters. The van der Waals surface area contributed by atoms with Crippen molar-refractivity contribution in [3.63, 3.8) is 0 Å². The predicted octanol–water partition coefficient (Wildman–Crippen LogP) is 4.48. The number of aromatic nitrogens is 1. The van der Waals surface area contributed by atoms with Gasteiger partial charge in [-0.05, 0) is 57.9 Å². The van der Waals surface area contributed by atoms with E-state index in [1.54, 1.807) is 12.3 Å². The van der Waals surface area contributed by atoms with E-state index in [4.69, 9.17) is 5.26 Å². The number of halogens is 1. The van der Waals surface area contributed by atoms with E-state index in [9.17, 15) is 0 Å². The zero-order valence-corrected chi connectivity index (χ0v) is 12.8. The topological polar surface area (TPSA) is 48.7 Å². The molecule has 0 amide bonds. The molecule has 0 aliphatic heterocycles. The molecule has 102 valence electrons. The van der Waals surface area contributed by atoms with E-state index in [-0.39, 0.29) is 0 Å². The van der Waals surface area contributed by atoms with Crippen LogP contribution in [0.25, 0.3) is 10.9 Å². The van der Waals surface area contributed by atoms with Crippen molar-refractivity contribution in [1.29, 1.82) is 5.26 Å². The SMILES string of the molecule is N#Cc1ccc(NCc2ccc3ncccc3c2)c(Br)c1. The van der Waals surface area contributed by atoms with Gasteiger partial charge < -0.3 is 5.32 Å². The van der Waals surface area contributed by atoms with Gasteiger partial charge in [-0.1, -0.05) is 12.1 Å². The fourth-order valence-corrected chi connectivity index (χ4v) is 2.68. The molecular formula is C17H12BrN3. The second-order valence-electron chi connectivity index (χ2n) is 4.69. The fourth-order valence-electron chi connectivity index (χ4n) is 2.16. The Labute approximate surface area is 131 Å². The molecule has 0 radical (unpaired) electrons. The average molecular weight is 338 g/mol. The number of hydrogen-bond donors (Lipinski definition) is 1. The van der Waals surface area contributed by atoms with E-state index in [2.05, 4.69) is 50.5 Å². The third-order valence-electron chi connectivity index (χ3n) is 3.25. The van der Waals surface area contributed by atoms with Gasteiger partial charge in [0, 0.05) is 28.3 Å². The Morgan fingerprint density at radius 1 is 1.14 bits per heavy atom. The van der Waals surface area contributed by atoms with Gasteiger partial charge in [-0.2, -0.15) is 5.26 Å². The Balaban J connectivity index is 1.78. The Morgan fingerprint density at radius 2 is 2.05 bits per heavy atom. The quantitative estimate of drug-likeness (QED) is 0.766. The van der Waals surface area contributed by atoms with Gasteiger partial charge in [0.2, 0.25) is 0 Å². The first kappa shape index (κ1) is 13.6. The molecule has 3 rings (SSSR count). The number of nitrogens with one attached hydrogen (secondary N) is 1. The Morgan fingerprint density at radius 3 is 2.86 bits per heavy atom. The van der Waals surface area contributed by atoms with Gasteiger partial charge in [0.1, 0.15) is 0 Å². The van der Waals surface area contributed by atoms with E-state index in [0.717, 1.165) is 27.6 Å². The highest BCUT2D eigenvalue weighted by molar-refractivity contribution is 9.10. The molecule has 4 heteroatoms. The maximum atomic E-state index is 8.86. The van der Waals surface area contributed by atoms with Gasteiger partial charge in [-0.15, -0.1) is 0 Å². The first-order valence-electron chi connectivity index (χ1n) is 6.53. The van der Waals surface area contributed by atoms with Crippen LogP contribution in [0, 0.1) is 11.3 Å². The highest BCUT2D eigenvalue weighted by Crippen LogP contribution is 2.24. The molecule has 0 aliphatic carbocycles. The Kier molecular flexibility index (Phi) is 3.85. The Bertz CT molecular complexity index is 837. The number of rotatable bonds is 3. The normalized spacial score (nSPS) is 10.3. The molecular weight excluding hydrogens is 326 g/mol. The van der Waals surface area contributed by atoms with Crippen molar-refractivity contribution in [2.45, 2.75) is 6.54 Å². The van der Waals surface area contributed by atoms with Crippen LogP contribution in [-0.2, 0) is 6.54 Å². The molecule has 3 nitrogen and oxygen atoms in total. The van der Waals surface area contributed by atoms with Crippen LogP contribution in [0.4, 0.5) is 5.69 Å². The van der Waals surface area contributed by atoms with Crippen molar-refractivity contribution in [3.8, 4) is 6.07 Å². The lowest BCUT2D eigenvalue weighted by Crippen LogP contribution is -2.00. The molecule has 0 bridgehead atoms. The number of benzene rings is 2. The predicted molar refractivity (Wildman–Crippen MR) is 87.9 cm³/mol. The second kappa shape index (κ2) is 5.94. The van der Waals surface area contributed by atoms with Crippen LogP contribution in [-0.4, -0.2) is 4.98 Å². The molecule has 2 aromatic carbocycles. The minimum atomic E-state index is 0.643. The minimum absolute atomic E-state index is 0.643. The zero-order valence-electron chi connectivity index (χ0n) is 11.2. The summed E-state index contributed by atoms with van der Waals surface area (Å²) in [5, 5.41) is 13.4. The summed E-state index contributed by atoms with van der Waals surface area (Å²) in [7, 11) is 0. The number of fused-ring (bicyclic) bond motifs is 1. The van der Waals surface area contributed by atoms with E-state index < -0.39 is 0 Å². The third-order valence-corrected chi connectivity index (χ3v) is 3.90. The van der Waals surface area contributed by atoms with Crippen molar-refractivity contribution >= 4 is 32.5 Å². The maximum absolute atomic E-state index is 8.86. The zero-order chi connectivity index (χ0) is 14.7. The van der Waals surface area contributed by atoms with E-state index in [0.29, 0.717) is 5.56 Å². The molecule has 0 saturated heterocycles. The van der Waals surface area contributed by atoms with Crippen LogP contribution in [0.3, 0.4) is 0 Å². The number of nitrogens with zero attached hydrogens (tertiary/aromatic N) is 2. The van der Waals surface area contributed by atoms with E-state index in [1.165, 1.54) is 5.56 Å². The lowest BCUT2D eigenvalue weighted by Gasteiger charge is -2.09. The molecule has 0 spiro atoms. The summed E-state index contributed by atoms with van der Waals surface area (Å²) in [5.41, 5.74) is 3.80. The van der Waals surface area contributed by atoms with Gasteiger partial charge in [-0.3, -0.25) is 4.98 Å². The summed E-state index contributed by atoms with van der Waals surface area (Å²) >= 11 is 3.48. The lowest BCUT2D eigenvalue weighted by atomic mass is 10.1. The van der Waals surface area contributed by atoms with E-state index in [1.807, 2.05) is 24.3 Å². The molecule has 0 fully saturated rings. The van der Waals surface area contributed by atoms with Gasteiger partial charge in [0.15, 0.2) is 0 Å². The summed E-state index contributed by atoms with van der Waals surface area (Å²) in [6.07, 6.45) is 1.80. The van der Waals surface area contributed by atoms with Crippen molar-refractivity contribution in [1.82, 2.24) is 4.98 Å². The van der Waals surface area contributed by atoms with Crippen LogP contribution in [0.1, 0.15) is 11.1 Å². The maximum Gasteiger partial charge on any atom is 0.0992 e. The highest BCUT2D eigenvalue weighted by atomic mass is 79.9. The standard InChI is InChI=1S/C17H12BrN3/c18-15-9-12(10-19)3-6-17(15)21-11-13-4-5-16-14(8-13)2-1-7-20-16/h1-9,21H,11H2. The number of anilines is 1. The average Bonchev–Trinajstić information content (AvgIpc) is 2.53. The first-order valence-corrected chi connectivity index (χ1v) is 7.33. The van der Waals surface area contributed by atoms with Crippen LogP contribution < -0.4 is 5.32 Å². The molecule has 0 saturated carbocycles. The molecule has 21 heavy (non-hydrogen) atoms. The van der Waals surface area contributed by atoms with Crippen molar-refractivity contribution in [3.05, 3.63) is 70.3 Å². The number of hydrogen-bond acceptors (Lipinski definition) is 3. The van der Waals surface area contributed by atoms with Gasteiger partial charge in [0.05, 0.1) is 17.1 Å². The first-order chi connectivity index (χ1) is 10.3. The summed E-state index contributed by atoms with van der Waals surface area (Å²) in [6, 6.07) is 17.9. The van der Waals surface area contributed by atoms with E-state index >= 15 is 0 Å².